The van der Waals surface area contributed by atoms with Crippen molar-refractivity contribution in [3.8, 4) is 0 Å². The highest BCUT2D eigenvalue weighted by molar-refractivity contribution is 5.80. The predicted molar refractivity (Wildman–Crippen MR) is 71.1 cm³/mol. The van der Waals surface area contributed by atoms with Crippen LogP contribution in [-0.4, -0.2) is 50.4 Å². The van der Waals surface area contributed by atoms with Gasteiger partial charge in [0, 0.05) is 27.1 Å². The summed E-state index contributed by atoms with van der Waals surface area (Å²) < 4.78 is 0. The molecule has 0 radical (unpaired) electrons. The molecule has 104 valence electrons. The molecule has 0 aromatic carbocycles. The fraction of sp³-hybridized carbons (Fsp3) is 0.846. The van der Waals surface area contributed by atoms with Gasteiger partial charge in [0.1, 0.15) is 0 Å². The summed E-state index contributed by atoms with van der Waals surface area (Å²) in [7, 11) is 3.40. The fourth-order valence-electron chi connectivity index (χ4n) is 2.33. The van der Waals surface area contributed by atoms with Crippen molar-refractivity contribution in [1.29, 1.82) is 0 Å². The first-order valence-corrected chi connectivity index (χ1v) is 6.70. The van der Waals surface area contributed by atoms with Crippen molar-refractivity contribution in [2.45, 2.75) is 26.2 Å². The summed E-state index contributed by atoms with van der Waals surface area (Å²) in [5.41, 5.74) is 0. The third-order valence-electron chi connectivity index (χ3n) is 3.59. The second-order valence-corrected chi connectivity index (χ2v) is 5.19. The summed E-state index contributed by atoms with van der Waals surface area (Å²) >= 11 is 0. The molecule has 0 spiro atoms. The third-order valence-corrected chi connectivity index (χ3v) is 3.59. The maximum absolute atomic E-state index is 12.0. The zero-order valence-electron chi connectivity index (χ0n) is 11.7. The zero-order chi connectivity index (χ0) is 13.5. The quantitative estimate of drug-likeness (QED) is 0.738. The third kappa shape index (κ3) is 4.64. The molecular weight excluding hydrogens is 230 g/mol. The van der Waals surface area contributed by atoms with Gasteiger partial charge >= 0.3 is 0 Å². The number of nitrogens with one attached hydrogen (secondary N) is 2. The number of hydrogen-bond acceptors (Lipinski definition) is 3. The number of rotatable bonds is 5. The summed E-state index contributed by atoms with van der Waals surface area (Å²) in [6.45, 7) is 4.35. The van der Waals surface area contributed by atoms with Crippen LogP contribution in [0.2, 0.25) is 0 Å². The molecule has 1 aliphatic heterocycles. The number of amides is 2. The molecule has 0 aromatic heterocycles. The number of piperidine rings is 1. The van der Waals surface area contributed by atoms with E-state index >= 15 is 0 Å². The lowest BCUT2D eigenvalue weighted by Crippen LogP contribution is -2.38. The molecular formula is C13H25N3O2. The largest absolute Gasteiger partial charge is 0.359 e. The molecule has 1 aliphatic rings. The van der Waals surface area contributed by atoms with Crippen LogP contribution in [-0.2, 0) is 9.59 Å². The number of carbonyl (C=O) groups is 2. The standard InChI is InChI=1S/C13H25N3O2/c1-10(13(18)14-2)9-16(3)12(17)8-11-4-6-15-7-5-11/h10-11,15H,4-9H2,1-3H3,(H,14,18). The van der Waals surface area contributed by atoms with Crippen molar-refractivity contribution >= 4 is 11.8 Å². The molecule has 1 heterocycles. The van der Waals surface area contributed by atoms with Gasteiger partial charge in [-0.3, -0.25) is 9.59 Å². The Bertz CT molecular complexity index is 288. The summed E-state index contributed by atoms with van der Waals surface area (Å²) in [6, 6.07) is 0. The van der Waals surface area contributed by atoms with Gasteiger partial charge in [-0.05, 0) is 31.8 Å². The van der Waals surface area contributed by atoms with Crippen molar-refractivity contribution in [3.05, 3.63) is 0 Å². The van der Waals surface area contributed by atoms with E-state index < -0.39 is 0 Å². The van der Waals surface area contributed by atoms with E-state index in [1.165, 1.54) is 0 Å². The van der Waals surface area contributed by atoms with E-state index in [0.717, 1.165) is 25.9 Å². The SMILES string of the molecule is CNC(=O)C(C)CN(C)C(=O)CC1CCNCC1. The summed E-state index contributed by atoms with van der Waals surface area (Å²) in [5.74, 6) is 0.475. The van der Waals surface area contributed by atoms with Crippen LogP contribution in [0.25, 0.3) is 0 Å². The topological polar surface area (TPSA) is 61.4 Å². The molecule has 1 fully saturated rings. The first-order valence-electron chi connectivity index (χ1n) is 6.70. The van der Waals surface area contributed by atoms with Crippen LogP contribution >= 0.6 is 0 Å². The smallest absolute Gasteiger partial charge is 0.224 e. The Morgan fingerprint density at radius 1 is 1.39 bits per heavy atom. The number of nitrogens with zero attached hydrogens (tertiary/aromatic N) is 1. The molecule has 0 bridgehead atoms. The van der Waals surface area contributed by atoms with Crippen molar-refractivity contribution in [2.24, 2.45) is 11.8 Å². The maximum atomic E-state index is 12.0. The van der Waals surface area contributed by atoms with Crippen LogP contribution < -0.4 is 10.6 Å². The molecule has 0 saturated carbocycles. The Balaban J connectivity index is 2.33. The Morgan fingerprint density at radius 3 is 2.56 bits per heavy atom. The van der Waals surface area contributed by atoms with E-state index in [9.17, 15) is 9.59 Å². The highest BCUT2D eigenvalue weighted by Gasteiger charge is 2.21. The van der Waals surface area contributed by atoms with Gasteiger partial charge in [0.2, 0.25) is 11.8 Å². The van der Waals surface area contributed by atoms with Gasteiger partial charge in [0.05, 0.1) is 5.92 Å². The Kier molecular flexibility index (Phi) is 6.12. The molecule has 2 N–H and O–H groups in total. The zero-order valence-corrected chi connectivity index (χ0v) is 11.7. The van der Waals surface area contributed by atoms with Crippen LogP contribution in [0.15, 0.2) is 0 Å². The van der Waals surface area contributed by atoms with Gasteiger partial charge in [-0.25, -0.2) is 0 Å². The van der Waals surface area contributed by atoms with Gasteiger partial charge in [-0.2, -0.15) is 0 Å². The minimum absolute atomic E-state index is 0.0171. The van der Waals surface area contributed by atoms with Crippen molar-refractivity contribution in [1.82, 2.24) is 15.5 Å². The van der Waals surface area contributed by atoms with E-state index in [4.69, 9.17) is 0 Å². The Morgan fingerprint density at radius 2 is 2.00 bits per heavy atom. The van der Waals surface area contributed by atoms with Gasteiger partial charge in [0.15, 0.2) is 0 Å². The molecule has 1 saturated heterocycles. The molecule has 1 unspecified atom stereocenters. The lowest BCUT2D eigenvalue weighted by molar-refractivity contribution is -0.133. The van der Waals surface area contributed by atoms with E-state index in [1.807, 2.05) is 6.92 Å². The van der Waals surface area contributed by atoms with Crippen LogP contribution in [0, 0.1) is 11.8 Å². The van der Waals surface area contributed by atoms with Crippen LogP contribution in [0.1, 0.15) is 26.2 Å². The minimum atomic E-state index is -0.156. The average molecular weight is 255 g/mol. The van der Waals surface area contributed by atoms with E-state index in [-0.39, 0.29) is 17.7 Å². The summed E-state index contributed by atoms with van der Waals surface area (Å²) in [6.07, 6.45) is 2.76. The number of carbonyl (C=O) groups excluding carboxylic acids is 2. The second kappa shape index (κ2) is 7.36. The normalized spacial score (nSPS) is 18.2. The molecule has 1 rings (SSSR count). The molecule has 0 aromatic rings. The highest BCUT2D eigenvalue weighted by atomic mass is 16.2. The first kappa shape index (κ1) is 15.0. The molecule has 0 aliphatic carbocycles. The Hall–Kier alpha value is -1.10. The van der Waals surface area contributed by atoms with Gasteiger partial charge in [-0.15, -0.1) is 0 Å². The summed E-state index contributed by atoms with van der Waals surface area (Å²) in [4.78, 5) is 25.1. The highest BCUT2D eigenvalue weighted by Crippen LogP contribution is 2.17. The molecule has 5 heteroatoms. The van der Waals surface area contributed by atoms with Gasteiger partial charge in [-0.1, -0.05) is 6.92 Å². The molecule has 2 amide bonds. The number of hydrogen-bond donors (Lipinski definition) is 2. The summed E-state index contributed by atoms with van der Waals surface area (Å²) in [5, 5.41) is 5.90. The van der Waals surface area contributed by atoms with Crippen LogP contribution in [0.5, 0.6) is 0 Å². The first-order chi connectivity index (χ1) is 8.54. The van der Waals surface area contributed by atoms with E-state index in [0.29, 0.717) is 18.9 Å². The average Bonchev–Trinajstić information content (AvgIpc) is 2.38. The molecule has 5 nitrogen and oxygen atoms in total. The maximum Gasteiger partial charge on any atom is 0.224 e. The minimum Gasteiger partial charge on any atom is -0.359 e. The Labute approximate surface area is 109 Å². The van der Waals surface area contributed by atoms with Crippen molar-refractivity contribution in [2.75, 3.05) is 33.7 Å². The molecule has 18 heavy (non-hydrogen) atoms. The van der Waals surface area contributed by atoms with Crippen LogP contribution in [0.4, 0.5) is 0 Å². The van der Waals surface area contributed by atoms with E-state index in [2.05, 4.69) is 10.6 Å². The van der Waals surface area contributed by atoms with Crippen LogP contribution in [0.3, 0.4) is 0 Å². The lowest BCUT2D eigenvalue weighted by Gasteiger charge is -2.26. The predicted octanol–water partition coefficient (Wildman–Crippen LogP) is 0.217. The van der Waals surface area contributed by atoms with Gasteiger partial charge < -0.3 is 15.5 Å². The fourth-order valence-corrected chi connectivity index (χ4v) is 2.33. The molecule has 1 atom stereocenters. The monoisotopic (exact) mass is 255 g/mol. The second-order valence-electron chi connectivity index (χ2n) is 5.19. The van der Waals surface area contributed by atoms with Crippen molar-refractivity contribution < 1.29 is 9.59 Å². The van der Waals surface area contributed by atoms with Gasteiger partial charge in [0.25, 0.3) is 0 Å². The van der Waals surface area contributed by atoms with Crippen molar-refractivity contribution in [3.63, 3.8) is 0 Å². The lowest BCUT2D eigenvalue weighted by atomic mass is 9.94. The van der Waals surface area contributed by atoms with E-state index in [1.54, 1.807) is 19.0 Å².